The van der Waals surface area contributed by atoms with Crippen LogP contribution in [-0.4, -0.2) is 18.5 Å². The van der Waals surface area contributed by atoms with Crippen molar-refractivity contribution in [1.29, 1.82) is 5.26 Å². The van der Waals surface area contributed by atoms with Crippen LogP contribution in [0.4, 0.5) is 5.00 Å². The third-order valence-electron chi connectivity index (χ3n) is 2.53. The van der Waals surface area contributed by atoms with Gasteiger partial charge in [0.25, 0.3) is 0 Å². The number of nitrogens with zero attached hydrogens (tertiary/aromatic N) is 1. The summed E-state index contributed by atoms with van der Waals surface area (Å²) in [6.45, 7) is 5.85. The van der Waals surface area contributed by atoms with E-state index in [2.05, 4.69) is 5.32 Å². The van der Waals surface area contributed by atoms with E-state index in [0.717, 1.165) is 10.4 Å². The Labute approximate surface area is 116 Å². The number of carbonyl (C=O) groups is 2. The molecule has 0 saturated carbocycles. The average Bonchev–Trinajstić information content (AvgIpc) is 2.65. The maximum absolute atomic E-state index is 12.0. The minimum absolute atomic E-state index is 0.235. The van der Waals surface area contributed by atoms with Gasteiger partial charge in [-0.05, 0) is 25.8 Å². The number of nitriles is 1. The zero-order valence-corrected chi connectivity index (χ0v) is 12.0. The topological polar surface area (TPSA) is 79.2 Å². The molecule has 1 aromatic rings. The van der Waals surface area contributed by atoms with E-state index < -0.39 is 11.9 Å². The summed E-state index contributed by atoms with van der Waals surface area (Å²) < 4.78 is 5.02. The first kappa shape index (κ1) is 15.2. The van der Waals surface area contributed by atoms with Crippen LogP contribution in [0.1, 0.15) is 41.1 Å². The van der Waals surface area contributed by atoms with Gasteiger partial charge in [0.15, 0.2) is 0 Å². The van der Waals surface area contributed by atoms with Crippen molar-refractivity contribution in [2.24, 2.45) is 0 Å². The van der Waals surface area contributed by atoms with E-state index in [4.69, 9.17) is 10.00 Å². The van der Waals surface area contributed by atoms with Crippen LogP contribution in [0.25, 0.3) is 0 Å². The lowest BCUT2D eigenvalue weighted by atomic mass is 10.1. The third-order valence-corrected chi connectivity index (χ3v) is 3.60. The van der Waals surface area contributed by atoms with Crippen LogP contribution >= 0.6 is 11.3 Å². The summed E-state index contributed by atoms with van der Waals surface area (Å²) >= 11 is 1.33. The van der Waals surface area contributed by atoms with Crippen LogP contribution in [0, 0.1) is 18.3 Å². The van der Waals surface area contributed by atoms with Crippen molar-refractivity contribution >= 4 is 28.2 Å². The van der Waals surface area contributed by atoms with Gasteiger partial charge in [-0.1, -0.05) is 6.92 Å². The highest BCUT2D eigenvalue weighted by Gasteiger charge is 2.23. The number of rotatable bonds is 5. The van der Waals surface area contributed by atoms with Crippen molar-refractivity contribution < 1.29 is 14.3 Å². The highest BCUT2D eigenvalue weighted by molar-refractivity contribution is 7.16. The number of hydrogen-bond acceptors (Lipinski definition) is 5. The molecule has 6 heteroatoms. The Morgan fingerprint density at radius 1 is 1.42 bits per heavy atom. The van der Waals surface area contributed by atoms with Crippen molar-refractivity contribution in [3.05, 3.63) is 16.0 Å². The molecule has 19 heavy (non-hydrogen) atoms. The molecule has 1 amide bonds. The zero-order chi connectivity index (χ0) is 14.4. The number of aryl methyl sites for hydroxylation is 1. The fourth-order valence-corrected chi connectivity index (χ4v) is 2.90. The SMILES string of the molecule is CCOC(=O)c1c(NC(=O)CC#N)sc(C)c1CC. The molecule has 0 unspecified atom stereocenters. The first-order valence-corrected chi connectivity index (χ1v) is 6.82. The number of carbonyl (C=O) groups excluding carboxylic acids is 2. The van der Waals surface area contributed by atoms with Crippen LogP contribution in [0.15, 0.2) is 0 Å². The standard InChI is InChI=1S/C13H16N2O3S/c1-4-9-8(3)19-12(15-10(16)6-7-14)11(9)13(17)18-5-2/h4-6H2,1-3H3,(H,15,16). The first-order valence-electron chi connectivity index (χ1n) is 6.01. The monoisotopic (exact) mass is 280 g/mol. The van der Waals surface area contributed by atoms with E-state index >= 15 is 0 Å². The highest BCUT2D eigenvalue weighted by atomic mass is 32.1. The summed E-state index contributed by atoms with van der Waals surface area (Å²) in [6.07, 6.45) is 0.450. The molecule has 0 atom stereocenters. The maximum Gasteiger partial charge on any atom is 0.341 e. The Balaban J connectivity index is 3.13. The molecule has 0 spiro atoms. The predicted octanol–water partition coefficient (Wildman–Crippen LogP) is 2.65. The number of anilines is 1. The van der Waals surface area contributed by atoms with Crippen molar-refractivity contribution in [2.45, 2.75) is 33.6 Å². The van der Waals surface area contributed by atoms with E-state index in [1.54, 1.807) is 13.0 Å². The third kappa shape index (κ3) is 3.55. The molecule has 1 aromatic heterocycles. The molecule has 0 bridgehead atoms. The summed E-state index contributed by atoms with van der Waals surface area (Å²) in [6, 6.07) is 1.77. The van der Waals surface area contributed by atoms with Gasteiger partial charge in [0, 0.05) is 4.88 Å². The fraction of sp³-hybridized carbons (Fsp3) is 0.462. The lowest BCUT2D eigenvalue weighted by Crippen LogP contribution is -2.14. The van der Waals surface area contributed by atoms with Crippen LogP contribution in [0.3, 0.4) is 0 Å². The van der Waals surface area contributed by atoms with E-state index in [1.165, 1.54) is 11.3 Å². The van der Waals surface area contributed by atoms with Gasteiger partial charge < -0.3 is 10.1 Å². The zero-order valence-electron chi connectivity index (χ0n) is 11.2. The molecular weight excluding hydrogens is 264 g/mol. The number of thiophene rings is 1. The van der Waals surface area contributed by atoms with Gasteiger partial charge >= 0.3 is 5.97 Å². The van der Waals surface area contributed by atoms with Gasteiger partial charge in [0.1, 0.15) is 11.4 Å². The maximum atomic E-state index is 12.0. The number of amides is 1. The minimum atomic E-state index is -0.434. The minimum Gasteiger partial charge on any atom is -0.462 e. The first-order chi connectivity index (χ1) is 9.04. The van der Waals surface area contributed by atoms with Gasteiger partial charge in [0.05, 0.1) is 18.2 Å². The van der Waals surface area contributed by atoms with Crippen molar-refractivity contribution in [2.75, 3.05) is 11.9 Å². The second-order valence-electron chi connectivity index (χ2n) is 3.80. The Bertz CT molecular complexity index is 529. The van der Waals surface area contributed by atoms with E-state index in [1.807, 2.05) is 13.8 Å². The average molecular weight is 280 g/mol. The lowest BCUT2D eigenvalue weighted by molar-refractivity contribution is -0.115. The molecule has 0 radical (unpaired) electrons. The van der Waals surface area contributed by atoms with Gasteiger partial charge in [-0.15, -0.1) is 11.3 Å². The number of ether oxygens (including phenoxy) is 1. The van der Waals surface area contributed by atoms with Crippen molar-refractivity contribution in [3.63, 3.8) is 0 Å². The molecule has 1 rings (SSSR count). The molecule has 0 fully saturated rings. The normalized spacial score (nSPS) is 9.79. The predicted molar refractivity (Wildman–Crippen MR) is 73.3 cm³/mol. The van der Waals surface area contributed by atoms with Crippen molar-refractivity contribution in [3.8, 4) is 6.07 Å². The Morgan fingerprint density at radius 2 is 2.11 bits per heavy atom. The largest absolute Gasteiger partial charge is 0.462 e. The fourth-order valence-electron chi connectivity index (χ4n) is 1.75. The second-order valence-corrected chi connectivity index (χ2v) is 5.02. The number of nitrogens with one attached hydrogen (secondary N) is 1. The molecule has 5 nitrogen and oxygen atoms in total. The summed E-state index contributed by atoms with van der Waals surface area (Å²) in [5.41, 5.74) is 1.30. The Morgan fingerprint density at radius 3 is 2.63 bits per heavy atom. The summed E-state index contributed by atoms with van der Waals surface area (Å²) in [5.74, 6) is -0.854. The van der Waals surface area contributed by atoms with Gasteiger partial charge in [0.2, 0.25) is 5.91 Å². The van der Waals surface area contributed by atoms with Crippen LogP contribution in [0.2, 0.25) is 0 Å². The molecule has 0 aliphatic carbocycles. The Hall–Kier alpha value is -1.87. The molecule has 0 aliphatic heterocycles. The molecular formula is C13H16N2O3S. The summed E-state index contributed by atoms with van der Waals surface area (Å²) in [7, 11) is 0. The smallest absolute Gasteiger partial charge is 0.341 e. The lowest BCUT2D eigenvalue weighted by Gasteiger charge is -2.06. The van der Waals surface area contributed by atoms with E-state index in [0.29, 0.717) is 17.0 Å². The number of hydrogen-bond donors (Lipinski definition) is 1. The summed E-state index contributed by atoms with van der Waals surface area (Å²) in [4.78, 5) is 24.4. The van der Waals surface area contributed by atoms with Gasteiger partial charge in [-0.3, -0.25) is 4.79 Å². The van der Waals surface area contributed by atoms with E-state index in [-0.39, 0.29) is 13.0 Å². The van der Waals surface area contributed by atoms with Crippen LogP contribution in [-0.2, 0) is 16.0 Å². The molecule has 102 valence electrons. The highest BCUT2D eigenvalue weighted by Crippen LogP contribution is 2.34. The number of esters is 1. The van der Waals surface area contributed by atoms with E-state index in [9.17, 15) is 9.59 Å². The molecule has 0 aromatic carbocycles. The molecule has 0 aliphatic rings. The van der Waals surface area contributed by atoms with Crippen LogP contribution < -0.4 is 5.32 Å². The van der Waals surface area contributed by atoms with Gasteiger partial charge in [-0.25, -0.2) is 4.79 Å². The Kier molecular flexibility index (Phi) is 5.52. The van der Waals surface area contributed by atoms with Crippen LogP contribution in [0.5, 0.6) is 0 Å². The van der Waals surface area contributed by atoms with Gasteiger partial charge in [-0.2, -0.15) is 5.26 Å². The molecule has 1 N–H and O–H groups in total. The molecule has 0 saturated heterocycles. The second kappa shape index (κ2) is 6.90. The quantitative estimate of drug-likeness (QED) is 0.841. The molecule has 1 heterocycles. The summed E-state index contributed by atoms with van der Waals surface area (Å²) in [5, 5.41) is 11.6. The van der Waals surface area contributed by atoms with Crippen molar-refractivity contribution in [1.82, 2.24) is 0 Å².